The van der Waals surface area contributed by atoms with Crippen LogP contribution in [0.5, 0.6) is 0 Å². The highest BCUT2D eigenvalue weighted by Crippen LogP contribution is 2.29. The molecule has 0 atom stereocenters. The molecule has 0 spiro atoms. The zero-order chi connectivity index (χ0) is 18.5. The molecule has 0 saturated carbocycles. The van der Waals surface area contributed by atoms with Crippen molar-refractivity contribution < 1.29 is 0 Å². The molecule has 0 unspecified atom stereocenters. The van der Waals surface area contributed by atoms with Gasteiger partial charge in [0.1, 0.15) is 11.0 Å². The highest BCUT2D eigenvalue weighted by molar-refractivity contribution is 5.74. The van der Waals surface area contributed by atoms with Crippen LogP contribution in [0.1, 0.15) is 51.6 Å². The molecule has 0 amide bonds. The topological polar surface area (TPSA) is 71.8 Å². The molecule has 1 N–H and O–H groups in total. The van der Waals surface area contributed by atoms with Crippen LogP contribution in [0.15, 0.2) is 36.5 Å². The second-order valence-corrected chi connectivity index (χ2v) is 8.59. The molecule has 6 heteroatoms. The van der Waals surface area contributed by atoms with E-state index in [0.29, 0.717) is 0 Å². The third kappa shape index (κ3) is 2.96. The zero-order valence-corrected chi connectivity index (χ0v) is 15.9. The number of nitrogens with zero attached hydrogens (tertiary/aromatic N) is 5. The molecule has 26 heavy (non-hydrogen) atoms. The Morgan fingerprint density at radius 3 is 2.42 bits per heavy atom. The van der Waals surface area contributed by atoms with Gasteiger partial charge in [-0.3, -0.25) is 0 Å². The van der Waals surface area contributed by atoms with Gasteiger partial charge in [0, 0.05) is 12.6 Å². The van der Waals surface area contributed by atoms with Crippen molar-refractivity contribution in [2.75, 3.05) is 0 Å². The average molecular weight is 348 g/mol. The van der Waals surface area contributed by atoms with Crippen LogP contribution >= 0.6 is 0 Å². The standard InChI is InChI=1S/C20H24N6/c1-19(2,3)14-7-9-18-21-17(24-26(18)12-14)11-20(4,5)13-6-8-15-16(10-13)23-25-22-15/h6-10,12H,11H2,1-5H3,(H,22,23,25). The van der Waals surface area contributed by atoms with Crippen molar-refractivity contribution in [3.8, 4) is 0 Å². The van der Waals surface area contributed by atoms with Gasteiger partial charge in [0.25, 0.3) is 0 Å². The summed E-state index contributed by atoms with van der Waals surface area (Å²) in [6.45, 7) is 11.0. The third-order valence-electron chi connectivity index (χ3n) is 4.94. The lowest BCUT2D eigenvalue weighted by Gasteiger charge is -2.23. The van der Waals surface area contributed by atoms with Gasteiger partial charge in [0.15, 0.2) is 11.5 Å². The molecule has 0 fully saturated rings. The van der Waals surface area contributed by atoms with Crippen LogP contribution in [0.25, 0.3) is 16.7 Å². The molecule has 134 valence electrons. The fourth-order valence-electron chi connectivity index (χ4n) is 3.21. The van der Waals surface area contributed by atoms with Gasteiger partial charge < -0.3 is 0 Å². The first kappa shape index (κ1) is 16.7. The second-order valence-electron chi connectivity index (χ2n) is 8.59. The maximum atomic E-state index is 4.72. The molecule has 1 aromatic carbocycles. The Morgan fingerprint density at radius 1 is 0.923 bits per heavy atom. The van der Waals surface area contributed by atoms with Gasteiger partial charge in [-0.05, 0) is 40.2 Å². The molecule has 4 rings (SSSR count). The number of aromatic amines is 1. The van der Waals surface area contributed by atoms with E-state index in [9.17, 15) is 0 Å². The first-order chi connectivity index (χ1) is 12.2. The van der Waals surface area contributed by atoms with Crippen molar-refractivity contribution >= 4 is 16.7 Å². The molecule has 0 radical (unpaired) electrons. The van der Waals surface area contributed by atoms with Crippen LogP contribution in [0.3, 0.4) is 0 Å². The summed E-state index contributed by atoms with van der Waals surface area (Å²) in [6, 6.07) is 10.4. The Kier molecular flexibility index (Phi) is 3.61. The van der Waals surface area contributed by atoms with E-state index in [2.05, 4.69) is 74.4 Å². The molecule has 0 aliphatic carbocycles. The maximum absolute atomic E-state index is 4.72. The summed E-state index contributed by atoms with van der Waals surface area (Å²) in [6.07, 6.45) is 2.84. The summed E-state index contributed by atoms with van der Waals surface area (Å²) < 4.78 is 1.90. The van der Waals surface area contributed by atoms with Gasteiger partial charge in [0.05, 0.1) is 0 Å². The minimum atomic E-state index is -0.106. The Labute approximate surface area is 152 Å². The largest absolute Gasteiger partial charge is 0.221 e. The van der Waals surface area contributed by atoms with Gasteiger partial charge in [-0.25, -0.2) is 9.50 Å². The molecule has 3 heterocycles. The molecule has 3 aromatic heterocycles. The van der Waals surface area contributed by atoms with E-state index in [1.54, 1.807) is 0 Å². The number of fused-ring (bicyclic) bond motifs is 2. The molecular weight excluding hydrogens is 324 g/mol. The Balaban J connectivity index is 1.66. The average Bonchev–Trinajstić information content (AvgIpc) is 3.17. The predicted molar refractivity (Wildman–Crippen MR) is 102 cm³/mol. The Morgan fingerprint density at radius 2 is 1.65 bits per heavy atom. The number of hydrogen-bond donors (Lipinski definition) is 1. The van der Waals surface area contributed by atoms with E-state index >= 15 is 0 Å². The third-order valence-corrected chi connectivity index (χ3v) is 4.94. The normalized spacial score (nSPS) is 13.0. The van der Waals surface area contributed by atoms with Crippen molar-refractivity contribution in [2.45, 2.75) is 51.9 Å². The van der Waals surface area contributed by atoms with Gasteiger partial charge >= 0.3 is 0 Å². The number of H-pyrrole nitrogens is 1. The number of nitrogens with one attached hydrogen (secondary N) is 1. The van der Waals surface area contributed by atoms with Gasteiger partial charge in [-0.2, -0.15) is 20.5 Å². The highest BCUT2D eigenvalue weighted by atomic mass is 15.3. The van der Waals surface area contributed by atoms with Crippen molar-refractivity contribution in [3.63, 3.8) is 0 Å². The second kappa shape index (κ2) is 5.62. The number of rotatable bonds is 3. The number of pyridine rings is 1. The van der Waals surface area contributed by atoms with Gasteiger partial charge in [-0.1, -0.05) is 46.8 Å². The van der Waals surface area contributed by atoms with Crippen molar-refractivity contribution in [2.24, 2.45) is 0 Å². The minimum absolute atomic E-state index is 0.0899. The zero-order valence-electron chi connectivity index (χ0n) is 15.9. The molecule has 0 bridgehead atoms. The molecule has 0 aliphatic rings. The van der Waals surface area contributed by atoms with Gasteiger partial charge in [-0.15, -0.1) is 0 Å². The monoisotopic (exact) mass is 348 g/mol. The first-order valence-electron chi connectivity index (χ1n) is 8.89. The number of aromatic nitrogens is 6. The quantitative estimate of drug-likeness (QED) is 0.611. The van der Waals surface area contributed by atoms with E-state index in [4.69, 9.17) is 10.1 Å². The van der Waals surface area contributed by atoms with E-state index in [0.717, 1.165) is 28.9 Å². The van der Waals surface area contributed by atoms with E-state index in [1.807, 2.05) is 16.6 Å². The van der Waals surface area contributed by atoms with Gasteiger partial charge in [0.2, 0.25) is 0 Å². The summed E-state index contributed by atoms with van der Waals surface area (Å²) >= 11 is 0. The Hall–Kier alpha value is -2.76. The predicted octanol–water partition coefficient (Wildman–Crippen LogP) is 3.82. The first-order valence-corrected chi connectivity index (χ1v) is 8.89. The van der Waals surface area contributed by atoms with Crippen LogP contribution < -0.4 is 0 Å². The summed E-state index contributed by atoms with van der Waals surface area (Å²) in [7, 11) is 0. The van der Waals surface area contributed by atoms with Crippen LogP contribution in [0.4, 0.5) is 0 Å². The smallest absolute Gasteiger partial charge is 0.155 e. The van der Waals surface area contributed by atoms with Crippen LogP contribution in [0.2, 0.25) is 0 Å². The number of benzene rings is 1. The van der Waals surface area contributed by atoms with E-state index < -0.39 is 0 Å². The lowest BCUT2D eigenvalue weighted by Crippen LogP contribution is -2.21. The molecule has 4 aromatic rings. The summed E-state index contributed by atoms with van der Waals surface area (Å²) in [5.41, 5.74) is 5.08. The van der Waals surface area contributed by atoms with Crippen LogP contribution in [-0.2, 0) is 17.3 Å². The van der Waals surface area contributed by atoms with Crippen molar-refractivity contribution in [3.05, 3.63) is 53.5 Å². The summed E-state index contributed by atoms with van der Waals surface area (Å²) in [4.78, 5) is 4.72. The van der Waals surface area contributed by atoms with E-state index in [1.165, 1.54) is 11.1 Å². The fraction of sp³-hybridized carbons (Fsp3) is 0.400. The SMILES string of the molecule is CC(C)(C)c1ccc2nc(CC(C)(C)c3ccc4n[nH]nc4c3)nn2c1. The minimum Gasteiger partial charge on any atom is -0.221 e. The number of hydrogen-bond acceptors (Lipinski definition) is 4. The van der Waals surface area contributed by atoms with Crippen LogP contribution in [0, 0.1) is 0 Å². The summed E-state index contributed by atoms with van der Waals surface area (Å²) in [5.74, 6) is 0.848. The molecule has 0 saturated heterocycles. The Bertz CT molecular complexity index is 1080. The van der Waals surface area contributed by atoms with Crippen molar-refractivity contribution in [1.29, 1.82) is 0 Å². The molecule has 0 aliphatic heterocycles. The van der Waals surface area contributed by atoms with Crippen LogP contribution in [-0.4, -0.2) is 30.0 Å². The molecular formula is C20H24N6. The van der Waals surface area contributed by atoms with E-state index in [-0.39, 0.29) is 10.8 Å². The maximum Gasteiger partial charge on any atom is 0.155 e. The highest BCUT2D eigenvalue weighted by Gasteiger charge is 2.24. The fourth-order valence-corrected chi connectivity index (χ4v) is 3.21. The van der Waals surface area contributed by atoms with Crippen molar-refractivity contribution in [1.82, 2.24) is 30.0 Å². The lowest BCUT2D eigenvalue weighted by atomic mass is 9.81. The molecule has 6 nitrogen and oxygen atoms in total. The lowest BCUT2D eigenvalue weighted by molar-refractivity contribution is 0.507. The summed E-state index contributed by atoms with van der Waals surface area (Å²) in [5, 5.41) is 15.7.